The summed E-state index contributed by atoms with van der Waals surface area (Å²) in [6.07, 6.45) is 0.895. The first kappa shape index (κ1) is 18.5. The number of nitrogens with one attached hydrogen (secondary N) is 1. The van der Waals surface area contributed by atoms with Crippen molar-refractivity contribution in [2.24, 2.45) is 11.3 Å². The topological polar surface area (TPSA) is 94.9 Å². The average molecular weight is 385 g/mol. The molecule has 7 nitrogen and oxygen atoms in total. The van der Waals surface area contributed by atoms with E-state index in [9.17, 15) is 9.59 Å². The molecule has 1 aliphatic carbocycles. The summed E-state index contributed by atoms with van der Waals surface area (Å²) in [7, 11) is 0. The molecule has 2 heterocycles. The van der Waals surface area contributed by atoms with Gasteiger partial charge in [-0.1, -0.05) is 19.9 Å². The van der Waals surface area contributed by atoms with Crippen LogP contribution in [0, 0.1) is 16.7 Å². The zero-order chi connectivity index (χ0) is 20.1. The predicted octanol–water partition coefficient (Wildman–Crippen LogP) is 3.33. The zero-order valence-electron chi connectivity index (χ0n) is 16.2. The van der Waals surface area contributed by atoms with Crippen molar-refractivity contribution in [1.29, 1.82) is 5.41 Å². The number of hydrogen-bond donors (Lipinski definition) is 1. The van der Waals surface area contributed by atoms with Gasteiger partial charge in [0.25, 0.3) is 0 Å². The Morgan fingerprint density at radius 2 is 2.00 bits per heavy atom. The SMILES string of the molecule is CCOC(=O)C1C(=N)OC2=C(C(=O)CC(C)(C)C2)C1c1ccc2c(c1)OCO2. The van der Waals surface area contributed by atoms with Crippen molar-refractivity contribution in [1.82, 2.24) is 0 Å². The van der Waals surface area contributed by atoms with Crippen molar-refractivity contribution >= 4 is 17.7 Å². The van der Waals surface area contributed by atoms with Gasteiger partial charge in [0.05, 0.1) is 6.61 Å². The Bertz CT molecular complexity index is 900. The van der Waals surface area contributed by atoms with Crippen LogP contribution in [0.5, 0.6) is 11.5 Å². The van der Waals surface area contributed by atoms with Crippen LogP contribution in [-0.2, 0) is 19.1 Å². The van der Waals surface area contributed by atoms with Gasteiger partial charge < -0.3 is 18.9 Å². The third-order valence-electron chi connectivity index (χ3n) is 5.34. The number of benzene rings is 1. The number of ketones is 1. The second-order valence-electron chi connectivity index (χ2n) is 8.06. The quantitative estimate of drug-likeness (QED) is 0.802. The van der Waals surface area contributed by atoms with E-state index in [4.69, 9.17) is 24.4 Å². The van der Waals surface area contributed by atoms with E-state index in [2.05, 4.69) is 0 Å². The molecule has 3 aliphatic rings. The average Bonchev–Trinajstić information content (AvgIpc) is 3.07. The summed E-state index contributed by atoms with van der Waals surface area (Å²) < 4.78 is 21.8. The van der Waals surface area contributed by atoms with E-state index in [1.165, 1.54) is 0 Å². The van der Waals surface area contributed by atoms with E-state index < -0.39 is 17.8 Å². The summed E-state index contributed by atoms with van der Waals surface area (Å²) in [4.78, 5) is 25.8. The lowest BCUT2D eigenvalue weighted by Crippen LogP contribution is -2.42. The predicted molar refractivity (Wildman–Crippen MR) is 99.3 cm³/mol. The molecule has 1 aromatic rings. The molecule has 0 saturated carbocycles. The lowest BCUT2D eigenvalue weighted by molar-refractivity contribution is -0.146. The summed E-state index contributed by atoms with van der Waals surface area (Å²) in [5.41, 5.74) is 0.912. The van der Waals surface area contributed by atoms with E-state index in [1.54, 1.807) is 25.1 Å². The maximum atomic E-state index is 13.1. The van der Waals surface area contributed by atoms with Gasteiger partial charge in [0.2, 0.25) is 12.7 Å². The largest absolute Gasteiger partial charge is 0.465 e. The first-order valence-corrected chi connectivity index (χ1v) is 9.39. The van der Waals surface area contributed by atoms with Crippen molar-refractivity contribution in [3.63, 3.8) is 0 Å². The lowest BCUT2D eigenvalue weighted by atomic mass is 9.68. The van der Waals surface area contributed by atoms with Crippen LogP contribution in [0.25, 0.3) is 0 Å². The highest BCUT2D eigenvalue weighted by Gasteiger charge is 2.49. The van der Waals surface area contributed by atoms with Gasteiger partial charge in [-0.3, -0.25) is 15.0 Å². The molecular weight excluding hydrogens is 362 g/mol. The Hall–Kier alpha value is -2.83. The fourth-order valence-corrected chi connectivity index (χ4v) is 4.17. The molecule has 2 atom stereocenters. The number of hydrogen-bond acceptors (Lipinski definition) is 7. The van der Waals surface area contributed by atoms with Crippen molar-refractivity contribution in [2.45, 2.75) is 39.5 Å². The molecule has 0 fully saturated rings. The Kier molecular flexibility index (Phi) is 4.40. The molecule has 7 heteroatoms. The molecule has 1 N–H and O–H groups in total. The van der Waals surface area contributed by atoms with Gasteiger partial charge in [-0.15, -0.1) is 0 Å². The van der Waals surface area contributed by atoms with Crippen LogP contribution in [-0.4, -0.2) is 31.1 Å². The maximum absolute atomic E-state index is 13.1. The summed E-state index contributed by atoms with van der Waals surface area (Å²) in [5.74, 6) is -0.819. The van der Waals surface area contributed by atoms with Crippen molar-refractivity contribution in [3.8, 4) is 11.5 Å². The van der Waals surface area contributed by atoms with Crippen molar-refractivity contribution in [2.75, 3.05) is 13.4 Å². The van der Waals surface area contributed by atoms with Gasteiger partial charge >= 0.3 is 5.97 Å². The minimum Gasteiger partial charge on any atom is -0.465 e. The van der Waals surface area contributed by atoms with Crippen LogP contribution in [0.2, 0.25) is 0 Å². The van der Waals surface area contributed by atoms with E-state index in [0.29, 0.717) is 41.2 Å². The Morgan fingerprint density at radius 3 is 2.75 bits per heavy atom. The Balaban J connectivity index is 1.86. The molecule has 4 rings (SSSR count). The van der Waals surface area contributed by atoms with Crippen molar-refractivity contribution < 1.29 is 28.5 Å². The van der Waals surface area contributed by atoms with Crippen molar-refractivity contribution in [3.05, 3.63) is 35.1 Å². The first-order valence-electron chi connectivity index (χ1n) is 9.39. The minimum atomic E-state index is -1.01. The number of esters is 1. The number of Topliss-reactive ketones (excluding diaryl/α,β-unsaturated/α-hetero) is 1. The lowest BCUT2D eigenvalue weighted by Gasteiger charge is -2.40. The molecule has 2 unspecified atom stereocenters. The summed E-state index contributed by atoms with van der Waals surface area (Å²) in [6.45, 7) is 6.01. The van der Waals surface area contributed by atoms with Crippen LogP contribution < -0.4 is 9.47 Å². The van der Waals surface area contributed by atoms with Gasteiger partial charge in [-0.05, 0) is 30.0 Å². The molecule has 1 aromatic carbocycles. The fraction of sp³-hybridized carbons (Fsp3) is 0.476. The van der Waals surface area contributed by atoms with E-state index in [1.807, 2.05) is 13.8 Å². The standard InChI is InChI=1S/C21H23NO6/c1-4-25-20(24)18-16(11-5-6-13-14(7-11)27-10-26-13)17-12(23)8-21(2,3)9-15(17)28-19(18)22/h5-7,16,18,22H,4,8-10H2,1-3H3. The van der Waals surface area contributed by atoms with Crippen LogP contribution in [0.3, 0.4) is 0 Å². The smallest absolute Gasteiger partial charge is 0.319 e. The Morgan fingerprint density at radius 1 is 1.25 bits per heavy atom. The molecular formula is C21H23NO6. The fourth-order valence-electron chi connectivity index (χ4n) is 4.17. The van der Waals surface area contributed by atoms with Gasteiger partial charge in [-0.2, -0.15) is 0 Å². The molecule has 2 aliphatic heterocycles. The molecule has 0 spiro atoms. The summed E-state index contributed by atoms with van der Waals surface area (Å²) in [5, 5.41) is 8.38. The van der Waals surface area contributed by atoms with Gasteiger partial charge in [0.15, 0.2) is 17.3 Å². The highest BCUT2D eigenvalue weighted by molar-refractivity contribution is 6.06. The third kappa shape index (κ3) is 3.04. The number of rotatable bonds is 3. The first-order chi connectivity index (χ1) is 13.3. The second kappa shape index (κ2) is 6.65. The molecule has 0 saturated heterocycles. The Labute approximate surface area is 163 Å². The summed E-state index contributed by atoms with van der Waals surface area (Å²) >= 11 is 0. The van der Waals surface area contributed by atoms with Gasteiger partial charge in [-0.25, -0.2) is 0 Å². The number of ether oxygens (including phenoxy) is 4. The van der Waals surface area contributed by atoms with Gasteiger partial charge in [0.1, 0.15) is 11.7 Å². The van der Waals surface area contributed by atoms with E-state index in [-0.39, 0.29) is 30.5 Å². The number of fused-ring (bicyclic) bond motifs is 1. The van der Waals surface area contributed by atoms with Crippen LogP contribution >= 0.6 is 0 Å². The third-order valence-corrected chi connectivity index (χ3v) is 5.34. The highest BCUT2D eigenvalue weighted by Crippen LogP contribution is 2.49. The molecule has 0 aromatic heterocycles. The summed E-state index contributed by atoms with van der Waals surface area (Å²) in [6, 6.07) is 5.34. The number of allylic oxidation sites excluding steroid dienone is 2. The van der Waals surface area contributed by atoms with Gasteiger partial charge in [0, 0.05) is 24.3 Å². The minimum absolute atomic E-state index is 0.0595. The van der Waals surface area contributed by atoms with E-state index >= 15 is 0 Å². The van der Waals surface area contributed by atoms with Crippen LogP contribution in [0.4, 0.5) is 0 Å². The van der Waals surface area contributed by atoms with Crippen LogP contribution in [0.1, 0.15) is 45.1 Å². The second-order valence-corrected chi connectivity index (χ2v) is 8.06. The highest BCUT2D eigenvalue weighted by atomic mass is 16.7. The molecule has 0 amide bonds. The maximum Gasteiger partial charge on any atom is 0.319 e. The number of carbonyl (C=O) groups is 2. The van der Waals surface area contributed by atoms with Crippen LogP contribution in [0.15, 0.2) is 29.5 Å². The zero-order valence-corrected chi connectivity index (χ0v) is 16.2. The molecule has 0 radical (unpaired) electrons. The number of carbonyl (C=O) groups excluding carboxylic acids is 2. The normalized spacial score (nSPS) is 25.2. The van der Waals surface area contributed by atoms with E-state index in [0.717, 1.165) is 0 Å². The monoisotopic (exact) mass is 385 g/mol. The molecule has 148 valence electrons. The molecule has 0 bridgehead atoms. The molecule has 28 heavy (non-hydrogen) atoms.